The molecule has 1 fully saturated rings. The predicted molar refractivity (Wildman–Crippen MR) is 128 cm³/mol. The van der Waals surface area contributed by atoms with Gasteiger partial charge < -0.3 is 9.84 Å². The van der Waals surface area contributed by atoms with E-state index < -0.39 is 15.4 Å². The molecule has 0 unspecified atom stereocenters. The standard InChI is InChI=1S/C23H21N3O4S.C2H6/c1-31(28,29)20-4-2-3-17(11-20)21-13-25-26-14-18(12-24-22(21)26)16-5-7-19(8-6-16)30-23(15-27)9-10-23;1-2/h2-8,11-14,27H,9-10,15H2,1H3;1-2H3. The molecular formula is C25H27N3O4S. The highest BCUT2D eigenvalue weighted by atomic mass is 32.2. The van der Waals surface area contributed by atoms with E-state index in [0.29, 0.717) is 5.65 Å². The molecule has 0 atom stereocenters. The number of hydrogen-bond acceptors (Lipinski definition) is 6. The van der Waals surface area contributed by atoms with Crippen molar-refractivity contribution < 1.29 is 18.3 Å². The lowest BCUT2D eigenvalue weighted by molar-refractivity contribution is 0.0954. The molecule has 1 N–H and O–H groups in total. The maximum absolute atomic E-state index is 11.9. The van der Waals surface area contributed by atoms with Crippen LogP contribution in [0, 0.1) is 0 Å². The third kappa shape index (κ3) is 4.77. The molecule has 0 spiro atoms. The van der Waals surface area contributed by atoms with Gasteiger partial charge >= 0.3 is 0 Å². The summed E-state index contributed by atoms with van der Waals surface area (Å²) in [7, 11) is -3.30. The Bertz CT molecular complexity index is 1370. The van der Waals surface area contributed by atoms with Crippen molar-refractivity contribution in [3.05, 3.63) is 67.1 Å². The summed E-state index contributed by atoms with van der Waals surface area (Å²) >= 11 is 0. The summed E-state index contributed by atoms with van der Waals surface area (Å²) in [5.74, 6) is 0.733. The third-order valence-electron chi connectivity index (χ3n) is 5.55. The van der Waals surface area contributed by atoms with Gasteiger partial charge in [0.05, 0.1) is 17.7 Å². The largest absolute Gasteiger partial charge is 0.485 e. The molecule has 2 aromatic carbocycles. The molecule has 33 heavy (non-hydrogen) atoms. The third-order valence-corrected chi connectivity index (χ3v) is 6.66. The number of hydrogen-bond donors (Lipinski definition) is 1. The number of ether oxygens (including phenoxy) is 1. The lowest BCUT2D eigenvalue weighted by atomic mass is 10.1. The van der Waals surface area contributed by atoms with Crippen LogP contribution in [-0.2, 0) is 9.84 Å². The fraction of sp³-hybridized carbons (Fsp3) is 0.280. The van der Waals surface area contributed by atoms with E-state index in [0.717, 1.165) is 40.8 Å². The van der Waals surface area contributed by atoms with Crippen LogP contribution in [0.2, 0.25) is 0 Å². The van der Waals surface area contributed by atoms with Gasteiger partial charge in [0.25, 0.3) is 0 Å². The zero-order valence-electron chi connectivity index (χ0n) is 18.9. The summed E-state index contributed by atoms with van der Waals surface area (Å²) in [6.07, 6.45) is 8.29. The summed E-state index contributed by atoms with van der Waals surface area (Å²) in [5, 5.41) is 13.8. The minimum atomic E-state index is -3.30. The molecule has 1 aliphatic carbocycles. The van der Waals surface area contributed by atoms with Gasteiger partial charge in [-0.1, -0.05) is 38.1 Å². The van der Waals surface area contributed by atoms with E-state index in [2.05, 4.69) is 10.1 Å². The highest BCUT2D eigenvalue weighted by Crippen LogP contribution is 2.40. The quantitative estimate of drug-likeness (QED) is 0.454. The molecule has 0 amide bonds. The smallest absolute Gasteiger partial charge is 0.175 e. The average Bonchev–Trinajstić information content (AvgIpc) is 3.48. The van der Waals surface area contributed by atoms with Crippen LogP contribution >= 0.6 is 0 Å². The van der Waals surface area contributed by atoms with Crippen molar-refractivity contribution in [3.63, 3.8) is 0 Å². The van der Waals surface area contributed by atoms with Gasteiger partial charge in [0, 0.05) is 29.8 Å². The van der Waals surface area contributed by atoms with Crippen LogP contribution < -0.4 is 4.74 Å². The Hall–Kier alpha value is -3.23. The second-order valence-corrected chi connectivity index (χ2v) is 9.95. The average molecular weight is 466 g/mol. The number of sulfone groups is 1. The van der Waals surface area contributed by atoms with Gasteiger partial charge in [-0.15, -0.1) is 0 Å². The van der Waals surface area contributed by atoms with Crippen molar-refractivity contribution >= 4 is 15.5 Å². The van der Waals surface area contributed by atoms with Crippen molar-refractivity contribution in [2.45, 2.75) is 37.2 Å². The molecule has 5 rings (SSSR count). The van der Waals surface area contributed by atoms with Gasteiger partial charge in [-0.2, -0.15) is 5.10 Å². The summed E-state index contributed by atoms with van der Waals surface area (Å²) in [5.41, 5.74) is 3.61. The second kappa shape index (κ2) is 8.96. The van der Waals surface area contributed by atoms with Crippen molar-refractivity contribution in [3.8, 4) is 28.0 Å². The summed E-state index contributed by atoms with van der Waals surface area (Å²) in [6, 6.07) is 14.5. The molecular weight excluding hydrogens is 438 g/mol. The van der Waals surface area contributed by atoms with Crippen molar-refractivity contribution in [1.82, 2.24) is 14.6 Å². The van der Waals surface area contributed by atoms with Gasteiger partial charge in [0.1, 0.15) is 11.4 Å². The first-order valence-electron chi connectivity index (χ1n) is 10.9. The van der Waals surface area contributed by atoms with Crippen molar-refractivity contribution in [2.24, 2.45) is 0 Å². The molecule has 1 saturated carbocycles. The van der Waals surface area contributed by atoms with Gasteiger partial charge in [-0.3, -0.25) is 0 Å². The van der Waals surface area contributed by atoms with Crippen LogP contribution in [0.3, 0.4) is 0 Å². The molecule has 0 bridgehead atoms. The molecule has 172 valence electrons. The van der Waals surface area contributed by atoms with Crippen LogP contribution in [0.1, 0.15) is 26.7 Å². The van der Waals surface area contributed by atoms with Gasteiger partial charge in [0.15, 0.2) is 15.5 Å². The van der Waals surface area contributed by atoms with Crippen LogP contribution in [0.15, 0.2) is 72.0 Å². The Morgan fingerprint density at radius 2 is 1.76 bits per heavy atom. The summed E-state index contributed by atoms with van der Waals surface area (Å²) < 4.78 is 31.3. The van der Waals surface area contributed by atoms with E-state index in [1.807, 2.05) is 50.4 Å². The highest BCUT2D eigenvalue weighted by molar-refractivity contribution is 7.90. The fourth-order valence-electron chi connectivity index (χ4n) is 3.52. The summed E-state index contributed by atoms with van der Waals surface area (Å²) in [4.78, 5) is 4.84. The Kier molecular flexibility index (Phi) is 6.23. The summed E-state index contributed by atoms with van der Waals surface area (Å²) in [6.45, 7) is 4.03. The predicted octanol–water partition coefficient (Wildman–Crippen LogP) is 4.40. The molecule has 2 aromatic heterocycles. The lowest BCUT2D eigenvalue weighted by Crippen LogP contribution is -2.22. The van der Waals surface area contributed by atoms with E-state index in [1.54, 1.807) is 35.1 Å². The monoisotopic (exact) mass is 465 g/mol. The first-order chi connectivity index (χ1) is 15.9. The van der Waals surface area contributed by atoms with Crippen molar-refractivity contribution in [2.75, 3.05) is 12.9 Å². The zero-order chi connectivity index (χ0) is 23.6. The Morgan fingerprint density at radius 1 is 1.03 bits per heavy atom. The van der Waals surface area contributed by atoms with E-state index in [9.17, 15) is 13.5 Å². The fourth-order valence-corrected chi connectivity index (χ4v) is 4.19. The molecule has 0 radical (unpaired) electrons. The number of fused-ring (bicyclic) bond motifs is 1. The van der Waals surface area contributed by atoms with Crippen LogP contribution in [0.5, 0.6) is 5.75 Å². The normalized spacial score (nSPS) is 14.4. The molecule has 8 heteroatoms. The van der Waals surface area contributed by atoms with Crippen LogP contribution in [-0.4, -0.2) is 46.6 Å². The number of rotatable bonds is 6. The lowest BCUT2D eigenvalue weighted by Gasteiger charge is -2.15. The Balaban J connectivity index is 0.00000126. The van der Waals surface area contributed by atoms with E-state index in [4.69, 9.17) is 4.74 Å². The number of aliphatic hydroxyl groups excluding tert-OH is 1. The van der Waals surface area contributed by atoms with Gasteiger partial charge in [-0.05, 0) is 48.2 Å². The van der Waals surface area contributed by atoms with Crippen LogP contribution in [0.4, 0.5) is 0 Å². The Morgan fingerprint density at radius 3 is 2.39 bits per heavy atom. The molecule has 7 nitrogen and oxygen atoms in total. The topological polar surface area (TPSA) is 93.8 Å². The molecule has 0 saturated heterocycles. The number of aliphatic hydroxyl groups is 1. The molecule has 0 aliphatic heterocycles. The molecule has 1 aliphatic rings. The first-order valence-corrected chi connectivity index (χ1v) is 12.8. The second-order valence-electron chi connectivity index (χ2n) is 7.94. The zero-order valence-corrected chi connectivity index (χ0v) is 19.7. The van der Waals surface area contributed by atoms with Crippen molar-refractivity contribution in [1.29, 1.82) is 0 Å². The highest BCUT2D eigenvalue weighted by Gasteiger charge is 2.44. The number of nitrogens with zero attached hydrogens (tertiary/aromatic N) is 3. The molecule has 2 heterocycles. The van der Waals surface area contributed by atoms with E-state index in [-0.39, 0.29) is 11.5 Å². The minimum absolute atomic E-state index is 0.0318. The SMILES string of the molecule is CC.CS(=O)(=O)c1cccc(-c2cnn3cc(-c4ccc(OC5(CO)CC5)cc4)cnc23)c1. The van der Waals surface area contributed by atoms with Crippen LogP contribution in [0.25, 0.3) is 27.9 Å². The maximum Gasteiger partial charge on any atom is 0.175 e. The van der Waals surface area contributed by atoms with Gasteiger partial charge in [-0.25, -0.2) is 17.9 Å². The van der Waals surface area contributed by atoms with E-state index >= 15 is 0 Å². The van der Waals surface area contributed by atoms with E-state index in [1.165, 1.54) is 6.26 Å². The minimum Gasteiger partial charge on any atom is -0.485 e. The number of benzene rings is 2. The first kappa shape index (κ1) is 22.9. The Labute approximate surface area is 193 Å². The maximum atomic E-state index is 11.9. The van der Waals surface area contributed by atoms with Gasteiger partial charge in [0.2, 0.25) is 0 Å². The number of aromatic nitrogens is 3. The molecule has 4 aromatic rings.